The summed E-state index contributed by atoms with van der Waals surface area (Å²) in [5, 5.41) is 6.11. The van der Waals surface area contributed by atoms with Crippen molar-refractivity contribution in [2.45, 2.75) is 13.0 Å². The molecule has 5 nitrogen and oxygen atoms in total. The number of rotatable bonds is 5. The van der Waals surface area contributed by atoms with Crippen molar-refractivity contribution in [2.75, 3.05) is 32.8 Å². The fourth-order valence-corrected chi connectivity index (χ4v) is 1.99. The molecule has 1 fully saturated rings. The number of benzene rings is 1. The quantitative estimate of drug-likeness (QED) is 0.826. The van der Waals surface area contributed by atoms with Gasteiger partial charge in [0.15, 0.2) is 0 Å². The van der Waals surface area contributed by atoms with Crippen molar-refractivity contribution in [3.05, 3.63) is 29.8 Å². The number of hydrogen-bond acceptors (Lipinski definition) is 4. The summed E-state index contributed by atoms with van der Waals surface area (Å²) in [4.78, 5) is 12.1. The van der Waals surface area contributed by atoms with Gasteiger partial charge in [0.25, 0.3) is 5.91 Å². The van der Waals surface area contributed by atoms with Crippen LogP contribution < -0.4 is 15.4 Å². The molecule has 1 aromatic rings. The molecule has 0 aromatic heterocycles. The van der Waals surface area contributed by atoms with Gasteiger partial charge in [-0.15, -0.1) is 0 Å². The molecule has 0 aliphatic carbocycles. The first kappa shape index (κ1) is 13.8. The van der Waals surface area contributed by atoms with Crippen LogP contribution in [-0.4, -0.2) is 44.9 Å². The highest BCUT2D eigenvalue weighted by atomic mass is 16.5. The van der Waals surface area contributed by atoms with Gasteiger partial charge in [-0.25, -0.2) is 0 Å². The molecule has 0 bridgehead atoms. The molecule has 5 heteroatoms. The third-order valence-electron chi connectivity index (χ3n) is 2.93. The standard InChI is InChI=1S/C14H20N2O3/c1-2-18-13-6-4-3-5-12(13)14(17)16-10-11-9-15-7-8-19-11/h3-6,11,15H,2,7-10H2,1H3,(H,16,17). The second-order valence-corrected chi connectivity index (χ2v) is 4.34. The number of carbonyl (C=O) groups is 1. The van der Waals surface area contributed by atoms with Crippen LogP contribution >= 0.6 is 0 Å². The van der Waals surface area contributed by atoms with Gasteiger partial charge < -0.3 is 20.1 Å². The zero-order valence-electron chi connectivity index (χ0n) is 11.1. The number of morpholine rings is 1. The molecule has 1 aliphatic heterocycles. The molecule has 0 radical (unpaired) electrons. The number of carbonyl (C=O) groups excluding carboxylic acids is 1. The normalized spacial score (nSPS) is 18.9. The van der Waals surface area contributed by atoms with Crippen LogP contribution in [0.5, 0.6) is 5.75 Å². The topological polar surface area (TPSA) is 59.6 Å². The van der Waals surface area contributed by atoms with Gasteiger partial charge in [-0.3, -0.25) is 4.79 Å². The monoisotopic (exact) mass is 264 g/mol. The highest BCUT2D eigenvalue weighted by Gasteiger charge is 2.16. The van der Waals surface area contributed by atoms with Crippen molar-refractivity contribution in [2.24, 2.45) is 0 Å². The summed E-state index contributed by atoms with van der Waals surface area (Å²) in [6, 6.07) is 7.25. The van der Waals surface area contributed by atoms with E-state index in [9.17, 15) is 4.79 Å². The van der Waals surface area contributed by atoms with Crippen molar-refractivity contribution in [3.8, 4) is 5.75 Å². The van der Waals surface area contributed by atoms with Crippen LogP contribution in [0.3, 0.4) is 0 Å². The SMILES string of the molecule is CCOc1ccccc1C(=O)NCC1CNCCO1. The van der Waals surface area contributed by atoms with Crippen LogP contribution in [0.15, 0.2) is 24.3 Å². The van der Waals surface area contributed by atoms with Crippen LogP contribution in [0.2, 0.25) is 0 Å². The molecule has 1 saturated heterocycles. The van der Waals surface area contributed by atoms with Crippen molar-refractivity contribution < 1.29 is 14.3 Å². The van der Waals surface area contributed by atoms with E-state index in [0.29, 0.717) is 31.1 Å². The molecular weight excluding hydrogens is 244 g/mol. The molecule has 0 saturated carbocycles. The van der Waals surface area contributed by atoms with Gasteiger partial charge in [-0.05, 0) is 19.1 Å². The zero-order chi connectivity index (χ0) is 13.5. The first-order valence-corrected chi connectivity index (χ1v) is 6.63. The largest absolute Gasteiger partial charge is 0.493 e. The van der Waals surface area contributed by atoms with E-state index in [-0.39, 0.29) is 12.0 Å². The zero-order valence-corrected chi connectivity index (χ0v) is 11.1. The predicted octanol–water partition coefficient (Wildman–Crippen LogP) is 0.803. The number of para-hydroxylation sites is 1. The van der Waals surface area contributed by atoms with Gasteiger partial charge in [0.05, 0.1) is 24.9 Å². The van der Waals surface area contributed by atoms with E-state index >= 15 is 0 Å². The lowest BCUT2D eigenvalue weighted by Crippen LogP contribution is -2.45. The van der Waals surface area contributed by atoms with Gasteiger partial charge in [0.2, 0.25) is 0 Å². The van der Waals surface area contributed by atoms with Crippen LogP contribution in [-0.2, 0) is 4.74 Å². The Balaban J connectivity index is 1.91. The van der Waals surface area contributed by atoms with Gasteiger partial charge in [0.1, 0.15) is 5.75 Å². The fraction of sp³-hybridized carbons (Fsp3) is 0.500. The van der Waals surface area contributed by atoms with E-state index in [0.717, 1.165) is 13.1 Å². The molecule has 2 rings (SSSR count). The highest BCUT2D eigenvalue weighted by molar-refractivity contribution is 5.96. The van der Waals surface area contributed by atoms with Crippen molar-refractivity contribution in [1.29, 1.82) is 0 Å². The van der Waals surface area contributed by atoms with E-state index in [1.165, 1.54) is 0 Å². The maximum Gasteiger partial charge on any atom is 0.255 e. The fourth-order valence-electron chi connectivity index (χ4n) is 1.99. The minimum atomic E-state index is -0.127. The predicted molar refractivity (Wildman–Crippen MR) is 72.6 cm³/mol. The second kappa shape index (κ2) is 7.11. The number of amides is 1. The van der Waals surface area contributed by atoms with Crippen molar-refractivity contribution >= 4 is 5.91 Å². The summed E-state index contributed by atoms with van der Waals surface area (Å²) < 4.78 is 11.0. The number of ether oxygens (including phenoxy) is 2. The minimum Gasteiger partial charge on any atom is -0.493 e. The van der Waals surface area contributed by atoms with Crippen LogP contribution in [0.25, 0.3) is 0 Å². The van der Waals surface area contributed by atoms with Crippen molar-refractivity contribution in [1.82, 2.24) is 10.6 Å². The molecule has 0 spiro atoms. The van der Waals surface area contributed by atoms with Gasteiger partial charge in [0, 0.05) is 19.6 Å². The molecule has 1 amide bonds. The third-order valence-corrected chi connectivity index (χ3v) is 2.93. The lowest BCUT2D eigenvalue weighted by atomic mass is 10.2. The molecule has 1 atom stereocenters. The summed E-state index contributed by atoms with van der Waals surface area (Å²) >= 11 is 0. The molecule has 19 heavy (non-hydrogen) atoms. The Morgan fingerprint density at radius 2 is 2.37 bits per heavy atom. The lowest BCUT2D eigenvalue weighted by molar-refractivity contribution is 0.0287. The summed E-state index contributed by atoms with van der Waals surface area (Å²) in [5.74, 6) is 0.489. The van der Waals surface area contributed by atoms with Gasteiger partial charge >= 0.3 is 0 Å². The Bertz CT molecular complexity index is 417. The number of hydrogen-bond donors (Lipinski definition) is 2. The summed E-state index contributed by atoms with van der Waals surface area (Å²) in [7, 11) is 0. The van der Waals surface area contributed by atoms with E-state index in [1.54, 1.807) is 12.1 Å². The van der Waals surface area contributed by atoms with Gasteiger partial charge in [-0.1, -0.05) is 12.1 Å². The molecule has 1 aliphatic rings. The molecular formula is C14H20N2O3. The lowest BCUT2D eigenvalue weighted by Gasteiger charge is -2.23. The van der Waals surface area contributed by atoms with Crippen molar-refractivity contribution in [3.63, 3.8) is 0 Å². The maximum absolute atomic E-state index is 12.1. The van der Waals surface area contributed by atoms with Crippen LogP contribution in [0.1, 0.15) is 17.3 Å². The van der Waals surface area contributed by atoms with E-state index < -0.39 is 0 Å². The van der Waals surface area contributed by atoms with E-state index in [4.69, 9.17) is 9.47 Å². The maximum atomic E-state index is 12.1. The Kier molecular flexibility index (Phi) is 5.18. The first-order chi connectivity index (χ1) is 9.31. The van der Waals surface area contributed by atoms with Gasteiger partial charge in [-0.2, -0.15) is 0 Å². The summed E-state index contributed by atoms with van der Waals surface area (Å²) in [5.41, 5.74) is 0.563. The smallest absolute Gasteiger partial charge is 0.255 e. The summed E-state index contributed by atoms with van der Waals surface area (Å²) in [6.45, 7) is 5.28. The van der Waals surface area contributed by atoms with Crippen LogP contribution in [0, 0.1) is 0 Å². The average molecular weight is 264 g/mol. The number of nitrogens with one attached hydrogen (secondary N) is 2. The molecule has 1 heterocycles. The van der Waals surface area contributed by atoms with Crippen LogP contribution in [0.4, 0.5) is 0 Å². The molecule has 1 aromatic carbocycles. The Morgan fingerprint density at radius 1 is 1.53 bits per heavy atom. The Hall–Kier alpha value is -1.59. The average Bonchev–Trinajstić information content (AvgIpc) is 2.47. The van der Waals surface area contributed by atoms with E-state index in [1.807, 2.05) is 19.1 Å². The molecule has 1 unspecified atom stereocenters. The minimum absolute atomic E-state index is 0.0388. The highest BCUT2D eigenvalue weighted by Crippen LogP contribution is 2.17. The third kappa shape index (κ3) is 3.94. The van der Waals surface area contributed by atoms with E-state index in [2.05, 4.69) is 10.6 Å². The Labute approximate surface area is 113 Å². The first-order valence-electron chi connectivity index (χ1n) is 6.63. The second-order valence-electron chi connectivity index (χ2n) is 4.34. The Morgan fingerprint density at radius 3 is 3.11 bits per heavy atom. The summed E-state index contributed by atoms with van der Waals surface area (Å²) in [6.07, 6.45) is 0.0388. The molecule has 2 N–H and O–H groups in total. The molecule has 104 valence electrons.